The molecular weight excluding hydrogens is 166 g/mol. The quantitative estimate of drug-likeness (QED) is 0.693. The van der Waals surface area contributed by atoms with Crippen LogP contribution in [0.3, 0.4) is 0 Å². The molecule has 1 amide bonds. The fourth-order valence-corrected chi connectivity index (χ4v) is 1.03. The van der Waals surface area contributed by atoms with Crippen molar-refractivity contribution in [2.75, 3.05) is 7.05 Å². The van der Waals surface area contributed by atoms with E-state index in [0.717, 1.165) is 5.56 Å². The number of carbonyl (C=O) groups excluding carboxylic acids is 1. The van der Waals surface area contributed by atoms with E-state index in [1.807, 2.05) is 30.3 Å². The van der Waals surface area contributed by atoms with Gasteiger partial charge in [-0.15, -0.1) is 0 Å². The summed E-state index contributed by atoms with van der Waals surface area (Å²) in [6.45, 7) is 0.537. The zero-order valence-electron chi connectivity index (χ0n) is 7.56. The molecule has 0 bridgehead atoms. The molecule has 0 spiro atoms. The van der Waals surface area contributed by atoms with E-state index in [1.54, 1.807) is 7.05 Å². The molecule has 0 fully saturated rings. The Hall–Kier alpha value is -1.51. The van der Waals surface area contributed by atoms with Crippen LogP contribution in [0.4, 0.5) is 4.79 Å². The average Bonchev–Trinajstić information content (AvgIpc) is 2.18. The lowest BCUT2D eigenvalue weighted by molar-refractivity contribution is 0.143. The number of carbonyl (C=O) groups is 1. The minimum Gasteiger partial charge on any atom is -0.446 e. The molecule has 0 N–H and O–H groups in total. The van der Waals surface area contributed by atoms with E-state index < -0.39 is 6.09 Å². The van der Waals surface area contributed by atoms with Crippen LogP contribution < -0.4 is 0 Å². The standard InChI is InChI=1S/C10H12NO2/c1-11(10(12)13-2)8-9-6-4-3-5-7-9/h3-7H,2,8H2,1H3. The number of benzene rings is 1. The van der Waals surface area contributed by atoms with Crippen LogP contribution >= 0.6 is 0 Å². The maximum Gasteiger partial charge on any atom is 0.409 e. The molecule has 0 aromatic heterocycles. The van der Waals surface area contributed by atoms with Crippen molar-refractivity contribution in [3.8, 4) is 0 Å². The van der Waals surface area contributed by atoms with Crippen molar-refractivity contribution in [1.82, 2.24) is 4.90 Å². The Morgan fingerprint density at radius 2 is 2.08 bits per heavy atom. The molecule has 0 saturated carbocycles. The topological polar surface area (TPSA) is 29.5 Å². The van der Waals surface area contributed by atoms with E-state index in [2.05, 4.69) is 11.8 Å². The number of ether oxygens (including phenoxy) is 1. The summed E-state index contributed by atoms with van der Waals surface area (Å²) < 4.78 is 4.32. The van der Waals surface area contributed by atoms with Crippen LogP contribution in [-0.2, 0) is 11.3 Å². The van der Waals surface area contributed by atoms with Gasteiger partial charge in [0.05, 0.1) is 0 Å². The van der Waals surface area contributed by atoms with Crippen LogP contribution in [-0.4, -0.2) is 18.0 Å². The van der Waals surface area contributed by atoms with Crippen molar-refractivity contribution in [3.63, 3.8) is 0 Å². The maximum atomic E-state index is 11.0. The number of amides is 1. The molecule has 3 heteroatoms. The second-order valence-corrected chi connectivity index (χ2v) is 2.75. The van der Waals surface area contributed by atoms with E-state index in [0.29, 0.717) is 6.54 Å². The summed E-state index contributed by atoms with van der Waals surface area (Å²) in [5.41, 5.74) is 1.07. The van der Waals surface area contributed by atoms with Gasteiger partial charge >= 0.3 is 6.09 Å². The summed E-state index contributed by atoms with van der Waals surface area (Å²) in [7, 11) is 4.72. The number of hydrogen-bond acceptors (Lipinski definition) is 2. The number of hydrogen-bond donors (Lipinski definition) is 0. The van der Waals surface area contributed by atoms with Crippen LogP contribution in [0.15, 0.2) is 30.3 Å². The molecule has 3 nitrogen and oxygen atoms in total. The summed E-state index contributed by atoms with van der Waals surface area (Å²) in [5.74, 6) is 0. The first kappa shape index (κ1) is 9.58. The van der Waals surface area contributed by atoms with Gasteiger partial charge in [-0.1, -0.05) is 30.3 Å². The predicted octanol–water partition coefficient (Wildman–Crippen LogP) is 2.05. The van der Waals surface area contributed by atoms with E-state index in [1.165, 1.54) is 4.90 Å². The van der Waals surface area contributed by atoms with Crippen molar-refractivity contribution in [1.29, 1.82) is 0 Å². The van der Waals surface area contributed by atoms with Gasteiger partial charge in [-0.05, 0) is 5.56 Å². The van der Waals surface area contributed by atoms with E-state index in [9.17, 15) is 4.79 Å². The van der Waals surface area contributed by atoms with Gasteiger partial charge in [-0.2, -0.15) is 0 Å². The molecule has 0 aliphatic heterocycles. The fourth-order valence-electron chi connectivity index (χ4n) is 1.03. The minimum atomic E-state index is -0.427. The summed E-state index contributed by atoms with van der Waals surface area (Å²) in [6.07, 6.45) is -0.427. The first-order valence-corrected chi connectivity index (χ1v) is 3.95. The Kier molecular flexibility index (Phi) is 3.31. The summed E-state index contributed by atoms with van der Waals surface area (Å²) >= 11 is 0. The van der Waals surface area contributed by atoms with Crippen LogP contribution in [0.5, 0.6) is 0 Å². The second kappa shape index (κ2) is 4.50. The van der Waals surface area contributed by atoms with Crippen molar-refractivity contribution in [2.24, 2.45) is 0 Å². The van der Waals surface area contributed by atoms with Gasteiger partial charge in [0.1, 0.15) is 7.11 Å². The summed E-state index contributed by atoms with van der Waals surface area (Å²) in [6, 6.07) is 9.69. The highest BCUT2D eigenvalue weighted by atomic mass is 16.5. The molecular formula is C10H12NO2. The minimum absolute atomic E-state index is 0.427. The van der Waals surface area contributed by atoms with Crippen LogP contribution in [0, 0.1) is 7.11 Å². The molecule has 0 saturated heterocycles. The zero-order chi connectivity index (χ0) is 9.68. The van der Waals surface area contributed by atoms with Crippen LogP contribution in [0.25, 0.3) is 0 Å². The van der Waals surface area contributed by atoms with Gasteiger partial charge in [0.15, 0.2) is 0 Å². The summed E-state index contributed by atoms with van der Waals surface area (Å²) in [4.78, 5) is 12.4. The molecule has 1 aromatic rings. The van der Waals surface area contributed by atoms with Crippen LogP contribution in [0.1, 0.15) is 5.56 Å². The van der Waals surface area contributed by atoms with E-state index in [-0.39, 0.29) is 0 Å². The highest BCUT2D eigenvalue weighted by molar-refractivity contribution is 5.67. The predicted molar refractivity (Wildman–Crippen MR) is 49.7 cm³/mol. The molecule has 0 heterocycles. The van der Waals surface area contributed by atoms with Crippen molar-refractivity contribution in [2.45, 2.75) is 6.54 Å². The highest BCUT2D eigenvalue weighted by Crippen LogP contribution is 2.03. The zero-order valence-corrected chi connectivity index (χ0v) is 7.56. The number of rotatable bonds is 2. The smallest absolute Gasteiger partial charge is 0.409 e. The van der Waals surface area contributed by atoms with Crippen molar-refractivity contribution in [3.05, 3.63) is 43.0 Å². The van der Waals surface area contributed by atoms with E-state index >= 15 is 0 Å². The van der Waals surface area contributed by atoms with Gasteiger partial charge in [0.25, 0.3) is 0 Å². The lowest BCUT2D eigenvalue weighted by atomic mass is 10.2. The third kappa shape index (κ3) is 2.78. The van der Waals surface area contributed by atoms with Gasteiger partial charge in [-0.3, -0.25) is 0 Å². The maximum absolute atomic E-state index is 11.0. The normalized spacial score (nSPS) is 9.38. The molecule has 0 unspecified atom stereocenters. The molecule has 0 aliphatic carbocycles. The van der Waals surface area contributed by atoms with Gasteiger partial charge in [0, 0.05) is 13.6 Å². The molecule has 1 rings (SSSR count). The molecule has 0 aliphatic rings. The second-order valence-electron chi connectivity index (χ2n) is 2.75. The first-order valence-electron chi connectivity index (χ1n) is 3.95. The number of nitrogens with zero attached hydrogens (tertiary/aromatic N) is 1. The van der Waals surface area contributed by atoms with Crippen LogP contribution in [0.2, 0.25) is 0 Å². The first-order chi connectivity index (χ1) is 6.24. The molecule has 69 valence electrons. The largest absolute Gasteiger partial charge is 0.446 e. The lowest BCUT2D eigenvalue weighted by Crippen LogP contribution is -2.25. The van der Waals surface area contributed by atoms with Gasteiger partial charge in [-0.25, -0.2) is 4.79 Å². The average molecular weight is 178 g/mol. The summed E-state index contributed by atoms with van der Waals surface area (Å²) in [5, 5.41) is 0. The van der Waals surface area contributed by atoms with Crippen molar-refractivity contribution < 1.29 is 9.53 Å². The molecule has 13 heavy (non-hydrogen) atoms. The SMILES string of the molecule is [CH2]OC(=O)N(C)Cc1ccccc1. The molecule has 1 radical (unpaired) electrons. The Balaban J connectivity index is 2.55. The third-order valence-electron chi connectivity index (χ3n) is 1.70. The molecule has 1 aromatic carbocycles. The fraction of sp³-hybridized carbons (Fsp3) is 0.200. The highest BCUT2D eigenvalue weighted by Gasteiger charge is 2.07. The Morgan fingerprint density at radius 1 is 1.46 bits per heavy atom. The Bertz CT molecular complexity index is 272. The lowest BCUT2D eigenvalue weighted by Gasteiger charge is -2.14. The monoisotopic (exact) mass is 178 g/mol. The Morgan fingerprint density at radius 3 is 2.62 bits per heavy atom. The Labute approximate surface area is 77.9 Å². The third-order valence-corrected chi connectivity index (χ3v) is 1.70. The van der Waals surface area contributed by atoms with E-state index in [4.69, 9.17) is 0 Å². The molecule has 0 atom stereocenters. The van der Waals surface area contributed by atoms with Crippen molar-refractivity contribution >= 4 is 6.09 Å². The van der Waals surface area contributed by atoms with Gasteiger partial charge in [0.2, 0.25) is 0 Å². The van der Waals surface area contributed by atoms with Gasteiger partial charge < -0.3 is 9.64 Å².